The highest BCUT2D eigenvalue weighted by atomic mass is 35.5. The van der Waals surface area contributed by atoms with Crippen LogP contribution >= 0.6 is 23.2 Å². The molecule has 2 N–H and O–H groups in total. The smallest absolute Gasteiger partial charge is 0.240 e. The first-order chi connectivity index (χ1) is 8.27. The van der Waals surface area contributed by atoms with Gasteiger partial charge in [-0.2, -0.15) is 0 Å². The molecule has 0 radical (unpaired) electrons. The van der Waals surface area contributed by atoms with Crippen LogP contribution < -0.4 is 10.0 Å². The molecule has 0 heterocycles. The van der Waals surface area contributed by atoms with E-state index >= 15 is 0 Å². The predicted molar refractivity (Wildman–Crippen MR) is 74.9 cm³/mol. The van der Waals surface area contributed by atoms with E-state index in [1.807, 2.05) is 6.92 Å². The summed E-state index contributed by atoms with van der Waals surface area (Å²) in [6.45, 7) is 3.90. The maximum absolute atomic E-state index is 12.0. The standard InChI is InChI=1S/C11H16Cl2N2O2S/c1-7(14-3)6-15-18(16,17)9-4-10(12)8(2)11(13)5-9/h4-5,7,14-15H,6H2,1-3H3. The van der Waals surface area contributed by atoms with Crippen molar-refractivity contribution in [3.05, 3.63) is 27.7 Å². The van der Waals surface area contributed by atoms with Crippen LogP contribution in [0.2, 0.25) is 10.0 Å². The summed E-state index contributed by atoms with van der Waals surface area (Å²) in [6.07, 6.45) is 0. The summed E-state index contributed by atoms with van der Waals surface area (Å²) >= 11 is 11.9. The molecule has 1 rings (SSSR count). The van der Waals surface area contributed by atoms with Gasteiger partial charge >= 0.3 is 0 Å². The molecular weight excluding hydrogens is 295 g/mol. The highest BCUT2D eigenvalue weighted by molar-refractivity contribution is 7.89. The van der Waals surface area contributed by atoms with Gasteiger partial charge in [-0.15, -0.1) is 0 Å². The molecule has 0 aliphatic carbocycles. The zero-order valence-corrected chi connectivity index (χ0v) is 12.7. The molecule has 0 bridgehead atoms. The second-order valence-corrected chi connectivity index (χ2v) is 6.63. The minimum absolute atomic E-state index is 0.0381. The van der Waals surface area contributed by atoms with Gasteiger partial charge in [-0.25, -0.2) is 13.1 Å². The minimum atomic E-state index is -3.59. The van der Waals surface area contributed by atoms with Crippen LogP contribution in [0, 0.1) is 6.92 Å². The molecule has 0 aliphatic heterocycles. The number of hydrogen-bond acceptors (Lipinski definition) is 3. The second-order valence-electron chi connectivity index (χ2n) is 4.05. The highest BCUT2D eigenvalue weighted by Gasteiger charge is 2.17. The van der Waals surface area contributed by atoms with Crippen LogP contribution in [0.15, 0.2) is 17.0 Å². The summed E-state index contributed by atoms with van der Waals surface area (Å²) in [5.74, 6) is 0. The average Bonchev–Trinajstić information content (AvgIpc) is 2.32. The number of rotatable bonds is 5. The van der Waals surface area contributed by atoms with Crippen molar-refractivity contribution in [1.82, 2.24) is 10.0 Å². The molecule has 1 atom stereocenters. The molecule has 0 saturated carbocycles. The molecule has 0 spiro atoms. The number of benzene rings is 1. The third-order valence-electron chi connectivity index (χ3n) is 2.64. The van der Waals surface area contributed by atoms with Gasteiger partial charge in [0, 0.05) is 22.6 Å². The van der Waals surface area contributed by atoms with Gasteiger partial charge in [0.2, 0.25) is 10.0 Å². The Morgan fingerprint density at radius 3 is 2.22 bits per heavy atom. The van der Waals surface area contributed by atoms with E-state index in [-0.39, 0.29) is 10.9 Å². The molecular formula is C11H16Cl2N2O2S. The van der Waals surface area contributed by atoms with Gasteiger partial charge in [0.1, 0.15) is 0 Å². The summed E-state index contributed by atoms with van der Waals surface area (Å²) < 4.78 is 26.5. The van der Waals surface area contributed by atoms with Crippen LogP contribution in [-0.4, -0.2) is 28.1 Å². The first kappa shape index (κ1) is 15.7. The van der Waals surface area contributed by atoms with Crippen molar-refractivity contribution >= 4 is 33.2 Å². The summed E-state index contributed by atoms with van der Waals surface area (Å²) in [7, 11) is -1.82. The lowest BCUT2D eigenvalue weighted by atomic mass is 10.2. The van der Waals surface area contributed by atoms with Crippen molar-refractivity contribution in [2.45, 2.75) is 24.8 Å². The van der Waals surface area contributed by atoms with Gasteiger partial charge in [-0.1, -0.05) is 23.2 Å². The van der Waals surface area contributed by atoms with E-state index in [1.165, 1.54) is 12.1 Å². The SMILES string of the molecule is CNC(C)CNS(=O)(=O)c1cc(Cl)c(C)c(Cl)c1. The van der Waals surface area contributed by atoms with Crippen molar-refractivity contribution in [2.24, 2.45) is 0 Å². The highest BCUT2D eigenvalue weighted by Crippen LogP contribution is 2.27. The van der Waals surface area contributed by atoms with E-state index in [2.05, 4.69) is 10.0 Å². The minimum Gasteiger partial charge on any atom is -0.316 e. The lowest BCUT2D eigenvalue weighted by molar-refractivity contribution is 0.554. The molecule has 18 heavy (non-hydrogen) atoms. The molecule has 0 aromatic heterocycles. The van der Waals surface area contributed by atoms with E-state index in [0.29, 0.717) is 22.2 Å². The second kappa shape index (κ2) is 6.21. The van der Waals surface area contributed by atoms with Gasteiger partial charge in [-0.05, 0) is 38.6 Å². The Labute approximate surface area is 118 Å². The molecule has 0 aliphatic rings. The van der Waals surface area contributed by atoms with Gasteiger partial charge in [0.25, 0.3) is 0 Å². The quantitative estimate of drug-likeness (QED) is 0.876. The molecule has 1 aromatic rings. The first-order valence-corrected chi connectivity index (χ1v) is 7.64. The third-order valence-corrected chi connectivity index (χ3v) is 4.83. The van der Waals surface area contributed by atoms with Crippen molar-refractivity contribution in [3.63, 3.8) is 0 Å². The maximum atomic E-state index is 12.0. The summed E-state index contributed by atoms with van der Waals surface area (Å²) in [5, 5.41) is 3.62. The van der Waals surface area contributed by atoms with Crippen molar-refractivity contribution < 1.29 is 8.42 Å². The van der Waals surface area contributed by atoms with Gasteiger partial charge < -0.3 is 5.32 Å². The van der Waals surface area contributed by atoms with Gasteiger partial charge in [0.15, 0.2) is 0 Å². The molecule has 0 amide bonds. The Morgan fingerprint density at radius 2 is 1.78 bits per heavy atom. The summed E-state index contributed by atoms with van der Waals surface area (Å²) in [6, 6.07) is 2.83. The molecule has 0 fully saturated rings. The molecule has 1 unspecified atom stereocenters. The van der Waals surface area contributed by atoms with Crippen LogP contribution in [0.4, 0.5) is 0 Å². The van der Waals surface area contributed by atoms with Crippen LogP contribution in [0.3, 0.4) is 0 Å². The fourth-order valence-electron chi connectivity index (χ4n) is 1.20. The van der Waals surface area contributed by atoms with Crippen molar-refractivity contribution in [2.75, 3.05) is 13.6 Å². The largest absolute Gasteiger partial charge is 0.316 e. The number of likely N-dealkylation sites (N-methyl/N-ethyl adjacent to an activating group) is 1. The zero-order chi connectivity index (χ0) is 13.9. The topological polar surface area (TPSA) is 58.2 Å². The maximum Gasteiger partial charge on any atom is 0.240 e. The Hall–Kier alpha value is -0.330. The van der Waals surface area contributed by atoms with Crippen molar-refractivity contribution in [3.8, 4) is 0 Å². The molecule has 1 aromatic carbocycles. The molecule has 7 heteroatoms. The van der Waals surface area contributed by atoms with Crippen LogP contribution in [0.5, 0.6) is 0 Å². The number of nitrogens with one attached hydrogen (secondary N) is 2. The number of hydrogen-bond donors (Lipinski definition) is 2. The number of halogens is 2. The number of sulfonamides is 1. The Balaban J connectivity index is 2.99. The van der Waals surface area contributed by atoms with Gasteiger partial charge in [0.05, 0.1) is 4.90 Å². The van der Waals surface area contributed by atoms with Crippen LogP contribution in [-0.2, 0) is 10.0 Å². The van der Waals surface area contributed by atoms with Crippen molar-refractivity contribution in [1.29, 1.82) is 0 Å². The molecule has 4 nitrogen and oxygen atoms in total. The van der Waals surface area contributed by atoms with E-state index in [4.69, 9.17) is 23.2 Å². The lowest BCUT2D eigenvalue weighted by Gasteiger charge is -2.13. The third kappa shape index (κ3) is 3.83. The summed E-state index contributed by atoms with van der Waals surface area (Å²) in [4.78, 5) is 0.0754. The first-order valence-electron chi connectivity index (χ1n) is 5.40. The zero-order valence-electron chi connectivity index (χ0n) is 10.4. The monoisotopic (exact) mass is 310 g/mol. The Morgan fingerprint density at radius 1 is 1.28 bits per heavy atom. The van der Waals surface area contributed by atoms with E-state index in [1.54, 1.807) is 14.0 Å². The Kier molecular flexibility index (Phi) is 5.43. The average molecular weight is 311 g/mol. The normalized spacial score (nSPS) is 13.6. The van der Waals surface area contributed by atoms with E-state index in [0.717, 1.165) is 0 Å². The van der Waals surface area contributed by atoms with Crippen LogP contribution in [0.25, 0.3) is 0 Å². The van der Waals surface area contributed by atoms with Crippen LogP contribution in [0.1, 0.15) is 12.5 Å². The van der Waals surface area contributed by atoms with E-state index in [9.17, 15) is 8.42 Å². The predicted octanol–water partition coefficient (Wildman–Crippen LogP) is 2.19. The molecule has 0 saturated heterocycles. The molecule has 102 valence electrons. The summed E-state index contributed by atoms with van der Waals surface area (Å²) in [5.41, 5.74) is 0.667. The Bertz CT molecular complexity index is 509. The van der Waals surface area contributed by atoms with Gasteiger partial charge in [-0.3, -0.25) is 0 Å². The lowest BCUT2D eigenvalue weighted by Crippen LogP contribution is -2.37. The van der Waals surface area contributed by atoms with E-state index < -0.39 is 10.0 Å². The fraction of sp³-hybridized carbons (Fsp3) is 0.455. The fourth-order valence-corrected chi connectivity index (χ4v) is 3.00.